The summed E-state index contributed by atoms with van der Waals surface area (Å²) in [7, 11) is 3.45. The Bertz CT molecular complexity index is 2000. The van der Waals surface area contributed by atoms with E-state index in [0.717, 1.165) is 125 Å². The number of benzene rings is 2. The summed E-state index contributed by atoms with van der Waals surface area (Å²) >= 11 is 3.37. The molecule has 336 valence electrons. The number of aryl methyl sites for hydroxylation is 2. The van der Waals surface area contributed by atoms with Gasteiger partial charge in [-0.1, -0.05) is 40.2 Å². The lowest BCUT2D eigenvalue weighted by molar-refractivity contribution is -0.117. The maximum absolute atomic E-state index is 11.5. The number of unbranched alkanes of at least 4 members (excludes halogenated alkanes) is 2. The molecule has 3 N–H and O–H groups in total. The number of pyridine rings is 2. The van der Waals surface area contributed by atoms with Crippen molar-refractivity contribution in [3.05, 3.63) is 83.9 Å². The largest absolute Gasteiger partial charge is 0.495 e. The molecule has 0 radical (unpaired) electrons. The fraction of sp³-hybridized carbons (Fsp3) is 0.478. The van der Waals surface area contributed by atoms with Gasteiger partial charge in [-0.25, -0.2) is 0 Å². The normalized spacial score (nSPS) is 15.7. The second-order valence-electron chi connectivity index (χ2n) is 15.1. The first-order chi connectivity index (χ1) is 29.9. The first-order valence-corrected chi connectivity index (χ1v) is 22.7. The zero-order valence-corrected chi connectivity index (χ0v) is 38.4. The monoisotopic (exact) mass is 936 g/mol. The SMILES string of the molecule is COc1ccccc1N1CCN(CCCCOc2ccc3c(n2)NC(=O)CC3)CC1.COc1ccccc1N1CCNCC1.Cl.O=C1CCc2ccc(OCCCCBr)nc2N1. The summed E-state index contributed by atoms with van der Waals surface area (Å²) in [5, 5.41) is 9.91. The Morgan fingerprint density at radius 3 is 1.58 bits per heavy atom. The number of halogens is 2. The predicted octanol–water partition coefficient (Wildman–Crippen LogP) is 7.00. The first kappa shape index (κ1) is 48.2. The van der Waals surface area contributed by atoms with E-state index in [9.17, 15) is 9.59 Å². The van der Waals surface area contributed by atoms with Gasteiger partial charge in [0.2, 0.25) is 23.6 Å². The van der Waals surface area contributed by atoms with Gasteiger partial charge in [0.1, 0.15) is 23.1 Å². The van der Waals surface area contributed by atoms with Crippen LogP contribution in [0.1, 0.15) is 49.7 Å². The molecule has 16 heteroatoms. The third-order valence-corrected chi connectivity index (χ3v) is 11.5. The van der Waals surface area contributed by atoms with Crippen molar-refractivity contribution in [1.29, 1.82) is 0 Å². The van der Waals surface area contributed by atoms with E-state index >= 15 is 0 Å². The number of rotatable bonds is 15. The minimum atomic E-state index is 0. The second-order valence-corrected chi connectivity index (χ2v) is 15.9. The smallest absolute Gasteiger partial charge is 0.225 e. The number of carbonyl (C=O) groups excluding carboxylic acids is 2. The molecule has 6 heterocycles. The molecule has 0 saturated carbocycles. The van der Waals surface area contributed by atoms with Gasteiger partial charge in [-0.2, -0.15) is 9.97 Å². The molecule has 2 amide bonds. The van der Waals surface area contributed by atoms with Crippen LogP contribution in [-0.2, 0) is 22.4 Å². The number of anilines is 4. The Morgan fingerprint density at radius 1 is 0.597 bits per heavy atom. The molecule has 4 aliphatic rings. The number of ether oxygens (including phenoxy) is 4. The van der Waals surface area contributed by atoms with E-state index in [2.05, 4.69) is 80.8 Å². The summed E-state index contributed by atoms with van der Waals surface area (Å²) in [5.74, 6) is 4.44. The van der Waals surface area contributed by atoms with E-state index in [1.807, 2.05) is 48.5 Å². The maximum atomic E-state index is 11.5. The van der Waals surface area contributed by atoms with Crippen molar-refractivity contribution in [2.75, 3.05) is 112 Å². The summed E-state index contributed by atoms with van der Waals surface area (Å²) in [6.45, 7) is 10.7. The number of hydrogen-bond acceptors (Lipinski definition) is 12. The number of piperazine rings is 2. The van der Waals surface area contributed by atoms with Gasteiger partial charge < -0.3 is 44.7 Å². The first-order valence-electron chi connectivity index (χ1n) is 21.5. The summed E-state index contributed by atoms with van der Waals surface area (Å²) in [6.07, 6.45) is 6.74. The van der Waals surface area contributed by atoms with Crippen LogP contribution >= 0.6 is 28.3 Å². The van der Waals surface area contributed by atoms with Crippen LogP contribution < -0.4 is 44.7 Å². The van der Waals surface area contributed by atoms with Crippen LogP contribution in [0, 0.1) is 0 Å². The van der Waals surface area contributed by atoms with E-state index in [4.69, 9.17) is 18.9 Å². The van der Waals surface area contributed by atoms with Crippen molar-refractivity contribution < 1.29 is 28.5 Å². The Labute approximate surface area is 381 Å². The number of amides is 2. The molecule has 62 heavy (non-hydrogen) atoms. The molecule has 2 aromatic heterocycles. The van der Waals surface area contributed by atoms with E-state index in [0.29, 0.717) is 49.5 Å². The van der Waals surface area contributed by atoms with E-state index in [-0.39, 0.29) is 24.2 Å². The Kier molecular flexibility index (Phi) is 20.2. The van der Waals surface area contributed by atoms with Gasteiger partial charge in [0.25, 0.3) is 0 Å². The van der Waals surface area contributed by atoms with Crippen molar-refractivity contribution in [3.63, 3.8) is 0 Å². The zero-order chi connectivity index (χ0) is 42.7. The van der Waals surface area contributed by atoms with Crippen molar-refractivity contribution in [2.24, 2.45) is 0 Å². The fourth-order valence-corrected chi connectivity index (χ4v) is 7.89. The molecular formula is C46H62BrClN8O6. The molecule has 0 spiro atoms. The third kappa shape index (κ3) is 14.6. The van der Waals surface area contributed by atoms with Gasteiger partial charge in [0, 0.05) is 82.7 Å². The van der Waals surface area contributed by atoms with Gasteiger partial charge in [-0.05, 0) is 92.6 Å². The number of nitrogens with zero attached hydrogens (tertiary/aromatic N) is 5. The summed E-state index contributed by atoms with van der Waals surface area (Å²) < 4.78 is 22.2. The molecule has 0 atom stereocenters. The highest BCUT2D eigenvalue weighted by Gasteiger charge is 2.20. The third-order valence-electron chi connectivity index (χ3n) is 10.9. The number of alkyl halides is 1. The van der Waals surface area contributed by atoms with Crippen molar-refractivity contribution in [2.45, 2.75) is 51.4 Å². The highest BCUT2D eigenvalue weighted by molar-refractivity contribution is 9.09. The quantitative estimate of drug-likeness (QED) is 0.0835. The van der Waals surface area contributed by atoms with E-state index in [1.165, 1.54) is 11.4 Å². The summed E-state index contributed by atoms with van der Waals surface area (Å²) in [6, 6.07) is 24.1. The van der Waals surface area contributed by atoms with Crippen LogP contribution in [0.5, 0.6) is 23.3 Å². The molecule has 2 fully saturated rings. The van der Waals surface area contributed by atoms with Crippen molar-refractivity contribution in [3.8, 4) is 23.3 Å². The van der Waals surface area contributed by atoms with Crippen LogP contribution in [0.3, 0.4) is 0 Å². The molecule has 14 nitrogen and oxygen atoms in total. The summed E-state index contributed by atoms with van der Waals surface area (Å²) in [5.41, 5.74) is 4.55. The lowest BCUT2D eigenvalue weighted by Gasteiger charge is -2.36. The topological polar surface area (TPSA) is 143 Å². The number of hydrogen-bond donors (Lipinski definition) is 3. The number of fused-ring (bicyclic) bond motifs is 2. The van der Waals surface area contributed by atoms with Gasteiger partial charge in [0.05, 0.1) is 38.8 Å². The molecule has 0 bridgehead atoms. The van der Waals surface area contributed by atoms with Crippen LogP contribution in [-0.4, -0.2) is 118 Å². The molecular weight excluding hydrogens is 876 g/mol. The molecule has 8 rings (SSSR count). The summed E-state index contributed by atoms with van der Waals surface area (Å²) in [4.78, 5) is 38.7. The number of nitrogens with one attached hydrogen (secondary N) is 3. The van der Waals surface area contributed by atoms with Gasteiger partial charge in [-0.3, -0.25) is 14.5 Å². The molecule has 2 saturated heterocycles. The van der Waals surface area contributed by atoms with Crippen LogP contribution in [0.2, 0.25) is 0 Å². The van der Waals surface area contributed by atoms with Crippen LogP contribution in [0.15, 0.2) is 72.8 Å². The van der Waals surface area contributed by atoms with E-state index < -0.39 is 0 Å². The number of para-hydroxylation sites is 4. The minimum Gasteiger partial charge on any atom is -0.495 e. The van der Waals surface area contributed by atoms with Gasteiger partial charge in [0.15, 0.2) is 0 Å². The standard InChI is InChI=1S/C23H30N4O3.C12H15BrN2O2.C11H16N2O.ClH/c1-29-20-7-3-2-6-19(20)27-15-13-26(14-16-27)12-4-5-17-30-22-11-9-18-8-10-21(28)24-23(18)25-22;13-7-1-2-8-17-11-6-4-9-3-5-10(16)14-12(9)15-11;1-14-11-5-3-2-4-10(11)13-8-6-12-7-9-13;/h2-3,6-7,9,11H,4-5,8,10,12-17H2,1H3,(H,24,25,28);4,6H,1-3,5,7-8H2,(H,14,15,16);2-5,12H,6-9H2,1H3;1H. The second kappa shape index (κ2) is 25.9. The average Bonchev–Trinajstić information content (AvgIpc) is 3.31. The molecule has 0 unspecified atom stereocenters. The molecule has 4 aromatic rings. The zero-order valence-electron chi connectivity index (χ0n) is 36.0. The molecule has 0 aliphatic carbocycles. The van der Waals surface area contributed by atoms with E-state index in [1.54, 1.807) is 14.2 Å². The maximum Gasteiger partial charge on any atom is 0.225 e. The molecule has 4 aliphatic heterocycles. The average molecular weight is 938 g/mol. The minimum absolute atomic E-state index is 0. The van der Waals surface area contributed by atoms with Crippen LogP contribution in [0.4, 0.5) is 23.0 Å². The number of aromatic nitrogens is 2. The van der Waals surface area contributed by atoms with Crippen molar-refractivity contribution in [1.82, 2.24) is 20.2 Å². The lowest BCUT2D eigenvalue weighted by Crippen LogP contribution is -2.46. The lowest BCUT2D eigenvalue weighted by atomic mass is 10.1. The van der Waals surface area contributed by atoms with Crippen LogP contribution in [0.25, 0.3) is 0 Å². The van der Waals surface area contributed by atoms with Gasteiger partial charge in [-0.15, -0.1) is 12.4 Å². The Balaban J connectivity index is 0.000000192. The number of carbonyl (C=O) groups is 2. The Hall–Kier alpha value is -4.83. The highest BCUT2D eigenvalue weighted by atomic mass is 79.9. The Morgan fingerprint density at radius 2 is 1.08 bits per heavy atom. The highest BCUT2D eigenvalue weighted by Crippen LogP contribution is 2.30. The number of methoxy groups -OCH3 is 2. The van der Waals surface area contributed by atoms with Gasteiger partial charge >= 0.3 is 0 Å². The molecule has 2 aromatic carbocycles. The predicted molar refractivity (Wildman–Crippen MR) is 253 cm³/mol. The fourth-order valence-electron chi connectivity index (χ4n) is 7.49. The van der Waals surface area contributed by atoms with Crippen molar-refractivity contribution >= 4 is 63.2 Å².